The molecule has 1 atom stereocenters. The van der Waals surface area contributed by atoms with Crippen molar-refractivity contribution in [3.63, 3.8) is 0 Å². The van der Waals surface area contributed by atoms with E-state index in [9.17, 15) is 14.7 Å². The molecule has 0 heterocycles. The van der Waals surface area contributed by atoms with Crippen LogP contribution in [0.2, 0.25) is 0 Å². The summed E-state index contributed by atoms with van der Waals surface area (Å²) >= 11 is 0. The fraction of sp³-hybridized carbons (Fsp3) is 0.333. The van der Waals surface area contributed by atoms with Gasteiger partial charge in [-0.25, -0.2) is 4.79 Å². The molecule has 19 heavy (non-hydrogen) atoms. The first kappa shape index (κ1) is 14.9. The summed E-state index contributed by atoms with van der Waals surface area (Å²) in [6.45, 7) is 0.260. The van der Waals surface area contributed by atoms with Gasteiger partial charge in [0.2, 0.25) is 0 Å². The molecule has 0 saturated carbocycles. The molecule has 0 fully saturated rings. The fourth-order valence-electron chi connectivity index (χ4n) is 1.41. The first-order chi connectivity index (χ1) is 9.02. The van der Waals surface area contributed by atoms with E-state index in [1.54, 1.807) is 24.3 Å². The zero-order valence-corrected chi connectivity index (χ0v) is 10.6. The number of rotatable bonds is 6. The number of amides is 3. The zero-order valence-electron chi connectivity index (χ0n) is 10.6. The van der Waals surface area contributed by atoms with E-state index in [0.29, 0.717) is 11.3 Å². The van der Waals surface area contributed by atoms with Gasteiger partial charge in [-0.05, 0) is 24.3 Å². The van der Waals surface area contributed by atoms with Crippen LogP contribution in [0.4, 0.5) is 10.5 Å². The standard InChI is InChI=1S/C12H17N3O4/c1-19-7-10(16)6-14-11(17)8-2-4-9(5-3-8)15-12(13)18/h2-5,10,16H,6-7H2,1H3,(H,14,17)(H3,13,15,18). The maximum Gasteiger partial charge on any atom is 0.316 e. The maximum absolute atomic E-state index is 11.7. The molecule has 1 unspecified atom stereocenters. The number of carbonyl (C=O) groups excluding carboxylic acids is 2. The topological polar surface area (TPSA) is 114 Å². The Hall–Kier alpha value is -2.12. The second-order valence-corrected chi connectivity index (χ2v) is 3.89. The molecular weight excluding hydrogens is 250 g/mol. The molecule has 3 amide bonds. The number of aliphatic hydroxyl groups is 1. The third kappa shape index (κ3) is 5.36. The summed E-state index contributed by atoms with van der Waals surface area (Å²) in [6, 6.07) is 5.54. The smallest absolute Gasteiger partial charge is 0.316 e. The Bertz CT molecular complexity index is 433. The van der Waals surface area contributed by atoms with Crippen LogP contribution in [-0.4, -0.2) is 43.4 Å². The Morgan fingerprint density at radius 1 is 1.37 bits per heavy atom. The summed E-state index contributed by atoms with van der Waals surface area (Å²) in [4.78, 5) is 22.3. The van der Waals surface area contributed by atoms with Gasteiger partial charge in [-0.3, -0.25) is 4.79 Å². The normalized spacial score (nSPS) is 11.7. The summed E-state index contributed by atoms with van der Waals surface area (Å²) in [5.41, 5.74) is 5.88. The summed E-state index contributed by atoms with van der Waals surface area (Å²) < 4.78 is 4.74. The molecular formula is C12H17N3O4. The van der Waals surface area contributed by atoms with Crippen LogP contribution in [0.15, 0.2) is 24.3 Å². The van der Waals surface area contributed by atoms with Gasteiger partial charge in [0.1, 0.15) is 0 Å². The number of hydrogen-bond acceptors (Lipinski definition) is 4. The van der Waals surface area contributed by atoms with Gasteiger partial charge in [0.05, 0.1) is 12.7 Å². The van der Waals surface area contributed by atoms with Gasteiger partial charge >= 0.3 is 6.03 Å². The minimum Gasteiger partial charge on any atom is -0.389 e. The summed E-state index contributed by atoms with van der Waals surface area (Å²) in [7, 11) is 1.47. The number of benzene rings is 1. The van der Waals surface area contributed by atoms with Crippen LogP contribution in [0.5, 0.6) is 0 Å². The van der Waals surface area contributed by atoms with Crippen molar-refractivity contribution in [2.24, 2.45) is 5.73 Å². The Morgan fingerprint density at radius 2 is 2.00 bits per heavy atom. The average Bonchev–Trinajstić information content (AvgIpc) is 2.36. The first-order valence-corrected chi connectivity index (χ1v) is 5.64. The van der Waals surface area contributed by atoms with E-state index in [1.807, 2.05) is 0 Å². The lowest BCUT2D eigenvalue weighted by atomic mass is 10.2. The summed E-state index contributed by atoms with van der Waals surface area (Å²) in [5, 5.41) is 14.3. The van der Waals surface area contributed by atoms with Crippen molar-refractivity contribution >= 4 is 17.6 Å². The van der Waals surface area contributed by atoms with E-state index in [0.717, 1.165) is 0 Å². The molecule has 0 aliphatic heterocycles. The van der Waals surface area contributed by atoms with Gasteiger partial charge in [-0.15, -0.1) is 0 Å². The summed E-state index contributed by atoms with van der Waals surface area (Å²) in [5.74, 6) is -0.319. The molecule has 1 aromatic carbocycles. The van der Waals surface area contributed by atoms with E-state index < -0.39 is 12.1 Å². The van der Waals surface area contributed by atoms with Crippen molar-refractivity contribution in [3.8, 4) is 0 Å². The van der Waals surface area contributed by atoms with E-state index in [2.05, 4.69) is 10.6 Å². The Kier molecular flexibility index (Phi) is 5.77. The predicted molar refractivity (Wildman–Crippen MR) is 69.9 cm³/mol. The monoisotopic (exact) mass is 267 g/mol. The van der Waals surface area contributed by atoms with Gasteiger partial charge in [0.25, 0.3) is 5.91 Å². The number of aliphatic hydroxyl groups excluding tert-OH is 1. The molecule has 1 rings (SSSR count). The number of carbonyl (C=O) groups is 2. The van der Waals surface area contributed by atoms with Crippen LogP contribution < -0.4 is 16.4 Å². The first-order valence-electron chi connectivity index (χ1n) is 5.64. The Labute approximate surface area is 110 Å². The van der Waals surface area contributed by atoms with Gasteiger partial charge in [0.15, 0.2) is 0 Å². The molecule has 104 valence electrons. The number of anilines is 1. The number of ether oxygens (including phenoxy) is 1. The van der Waals surface area contributed by atoms with Gasteiger partial charge in [0, 0.05) is 24.9 Å². The number of hydrogen-bond donors (Lipinski definition) is 4. The number of methoxy groups -OCH3 is 1. The molecule has 0 spiro atoms. The van der Waals surface area contributed by atoms with E-state index >= 15 is 0 Å². The molecule has 0 aliphatic carbocycles. The molecule has 1 aromatic rings. The highest BCUT2D eigenvalue weighted by Crippen LogP contribution is 2.09. The second-order valence-electron chi connectivity index (χ2n) is 3.89. The molecule has 0 aliphatic rings. The number of urea groups is 1. The minimum atomic E-state index is -0.746. The van der Waals surface area contributed by atoms with Crippen LogP contribution in [0, 0.1) is 0 Å². The largest absolute Gasteiger partial charge is 0.389 e. The van der Waals surface area contributed by atoms with Gasteiger partial charge < -0.3 is 26.2 Å². The van der Waals surface area contributed by atoms with Crippen molar-refractivity contribution < 1.29 is 19.4 Å². The maximum atomic E-state index is 11.7. The number of nitrogens with one attached hydrogen (secondary N) is 2. The fourth-order valence-corrected chi connectivity index (χ4v) is 1.41. The van der Waals surface area contributed by atoms with Crippen LogP contribution in [-0.2, 0) is 4.74 Å². The van der Waals surface area contributed by atoms with E-state index in [1.165, 1.54) is 7.11 Å². The zero-order chi connectivity index (χ0) is 14.3. The molecule has 0 aromatic heterocycles. The minimum absolute atomic E-state index is 0.105. The van der Waals surface area contributed by atoms with Crippen LogP contribution >= 0.6 is 0 Å². The lowest BCUT2D eigenvalue weighted by Gasteiger charge is -2.11. The third-order valence-electron chi connectivity index (χ3n) is 2.27. The Balaban J connectivity index is 2.51. The van der Waals surface area contributed by atoms with Crippen LogP contribution in [0.3, 0.4) is 0 Å². The highest BCUT2D eigenvalue weighted by Gasteiger charge is 2.08. The lowest BCUT2D eigenvalue weighted by molar-refractivity contribution is 0.0610. The van der Waals surface area contributed by atoms with Crippen LogP contribution in [0.1, 0.15) is 10.4 Å². The molecule has 7 nitrogen and oxygen atoms in total. The van der Waals surface area contributed by atoms with E-state index in [-0.39, 0.29) is 19.1 Å². The molecule has 0 radical (unpaired) electrons. The Morgan fingerprint density at radius 3 is 2.53 bits per heavy atom. The SMILES string of the molecule is COCC(O)CNC(=O)c1ccc(NC(N)=O)cc1. The summed E-state index contributed by atoms with van der Waals surface area (Å²) in [6.07, 6.45) is -0.746. The van der Waals surface area contributed by atoms with Crippen molar-refractivity contribution in [2.75, 3.05) is 25.6 Å². The van der Waals surface area contributed by atoms with Crippen molar-refractivity contribution in [3.05, 3.63) is 29.8 Å². The number of primary amides is 1. The average molecular weight is 267 g/mol. The van der Waals surface area contributed by atoms with Gasteiger partial charge in [-0.2, -0.15) is 0 Å². The molecule has 5 N–H and O–H groups in total. The molecule has 0 saturated heterocycles. The van der Waals surface area contributed by atoms with Crippen molar-refractivity contribution in [1.82, 2.24) is 5.32 Å². The quantitative estimate of drug-likeness (QED) is 0.577. The van der Waals surface area contributed by atoms with Crippen molar-refractivity contribution in [2.45, 2.75) is 6.10 Å². The number of nitrogens with two attached hydrogens (primary N) is 1. The third-order valence-corrected chi connectivity index (χ3v) is 2.27. The highest BCUT2D eigenvalue weighted by atomic mass is 16.5. The molecule has 7 heteroatoms. The predicted octanol–water partition coefficient (Wildman–Crippen LogP) is -0.0857. The second kappa shape index (κ2) is 7.34. The van der Waals surface area contributed by atoms with Crippen molar-refractivity contribution in [1.29, 1.82) is 0 Å². The van der Waals surface area contributed by atoms with Crippen LogP contribution in [0.25, 0.3) is 0 Å². The molecule has 0 bridgehead atoms. The lowest BCUT2D eigenvalue weighted by Crippen LogP contribution is -2.34. The van der Waals surface area contributed by atoms with E-state index in [4.69, 9.17) is 10.5 Å². The highest BCUT2D eigenvalue weighted by molar-refractivity contribution is 5.95. The van der Waals surface area contributed by atoms with Gasteiger partial charge in [-0.1, -0.05) is 0 Å².